The fourth-order valence-electron chi connectivity index (χ4n) is 9.10. The van der Waals surface area contributed by atoms with Crippen LogP contribution in [0.2, 0.25) is 0 Å². The molecule has 19 nitrogen and oxygen atoms in total. The highest BCUT2D eigenvalue weighted by molar-refractivity contribution is 7.87. The van der Waals surface area contributed by atoms with Crippen LogP contribution < -0.4 is 4.90 Å². The van der Waals surface area contributed by atoms with E-state index in [-0.39, 0.29) is 55.1 Å². The first-order chi connectivity index (χ1) is 30.3. The summed E-state index contributed by atoms with van der Waals surface area (Å²) in [6.07, 6.45) is 8.25. The number of hydrogen-bond acceptors (Lipinski definition) is 12. The van der Waals surface area contributed by atoms with Gasteiger partial charge in [-0.25, -0.2) is 4.79 Å². The Morgan fingerprint density at radius 2 is 1.29 bits per heavy atom. The van der Waals surface area contributed by atoms with Gasteiger partial charge in [-0.15, -0.1) is 0 Å². The number of aromatic carboxylic acids is 1. The molecule has 66 heavy (non-hydrogen) atoms. The van der Waals surface area contributed by atoms with Crippen molar-refractivity contribution in [3.8, 4) is 0 Å². The van der Waals surface area contributed by atoms with Gasteiger partial charge in [0.15, 0.2) is 5.71 Å². The molecule has 0 aromatic heterocycles. The van der Waals surface area contributed by atoms with E-state index in [1.807, 2.05) is 11.8 Å². The Hall–Kier alpha value is -4.89. The monoisotopic (exact) mass is 1010 g/mol. The van der Waals surface area contributed by atoms with Gasteiger partial charge in [0.2, 0.25) is 5.69 Å². The van der Waals surface area contributed by atoms with Crippen LogP contribution >= 0.6 is 0 Å². The van der Waals surface area contributed by atoms with Gasteiger partial charge in [-0.05, 0) is 104 Å². The van der Waals surface area contributed by atoms with E-state index in [2.05, 4.69) is 0 Å². The van der Waals surface area contributed by atoms with Crippen LogP contribution in [0.3, 0.4) is 0 Å². The number of allylic oxidation sites excluding steroid dienone is 6. The minimum absolute atomic E-state index is 0.0150. The zero-order valence-corrected chi connectivity index (χ0v) is 39.6. The van der Waals surface area contributed by atoms with Crippen molar-refractivity contribution in [2.45, 2.75) is 67.1 Å². The van der Waals surface area contributed by atoms with Crippen molar-refractivity contribution < 1.29 is 79.3 Å². The summed E-state index contributed by atoms with van der Waals surface area (Å²) in [5, 5.41) is 10.8. The Balaban J connectivity index is 1.49. The highest BCUT2D eigenvalue weighted by Crippen LogP contribution is 2.53. The summed E-state index contributed by atoms with van der Waals surface area (Å²) >= 11 is 0. The topological polar surface area (TPSA) is 315 Å². The van der Waals surface area contributed by atoms with Gasteiger partial charge in [-0.2, -0.15) is 46.7 Å². The maximum Gasteiger partial charge on any atom is 0.335 e. The molecule has 2 aliphatic rings. The van der Waals surface area contributed by atoms with Crippen molar-refractivity contribution in [1.82, 2.24) is 0 Å². The first-order valence-electron chi connectivity index (χ1n) is 20.0. The van der Waals surface area contributed by atoms with Crippen molar-refractivity contribution in [3.05, 3.63) is 107 Å². The van der Waals surface area contributed by atoms with Crippen LogP contribution in [0.1, 0.15) is 67.9 Å². The second kappa shape index (κ2) is 18.0. The van der Waals surface area contributed by atoms with Crippen molar-refractivity contribution in [2.24, 2.45) is 0 Å². The molecule has 0 fully saturated rings. The number of anilines is 1. The van der Waals surface area contributed by atoms with E-state index < -0.39 is 94.4 Å². The highest BCUT2D eigenvalue weighted by Gasteiger charge is 2.47. The van der Waals surface area contributed by atoms with Crippen molar-refractivity contribution in [3.63, 3.8) is 0 Å². The molecule has 24 heteroatoms. The van der Waals surface area contributed by atoms with Gasteiger partial charge in [0.25, 0.3) is 50.6 Å². The Morgan fingerprint density at radius 1 is 0.667 bits per heavy atom. The number of carboxylic acids is 1. The molecule has 0 aliphatic carbocycles. The minimum Gasteiger partial charge on any atom is -0.478 e. The lowest BCUT2D eigenvalue weighted by Gasteiger charge is -2.30. The van der Waals surface area contributed by atoms with Gasteiger partial charge in [-0.1, -0.05) is 30.4 Å². The molecule has 6 N–H and O–H groups in total. The second-order valence-electron chi connectivity index (χ2n) is 16.7. The normalized spacial score (nSPS) is 18.7. The Kier molecular flexibility index (Phi) is 13.8. The molecule has 1 unspecified atom stereocenters. The summed E-state index contributed by atoms with van der Waals surface area (Å²) in [5.74, 6) is -2.95. The Bertz CT molecular complexity index is 3390. The fraction of sp³-hybridized carbons (Fsp3) is 0.333. The van der Waals surface area contributed by atoms with E-state index in [4.69, 9.17) is 0 Å². The van der Waals surface area contributed by atoms with Gasteiger partial charge in [0.05, 0.1) is 33.1 Å². The zero-order valence-electron chi connectivity index (χ0n) is 35.6. The van der Waals surface area contributed by atoms with E-state index >= 15 is 0 Å². The average Bonchev–Trinajstić information content (AvgIpc) is 3.54. The smallest absolute Gasteiger partial charge is 0.335 e. The summed E-state index contributed by atoms with van der Waals surface area (Å²) in [4.78, 5) is 12.1. The van der Waals surface area contributed by atoms with Gasteiger partial charge in [0, 0.05) is 52.9 Å². The SMILES string of the molecule is CC1(C)C(/C=C/C=C/C=C2/N(CCCS(=O)(=O)O)c3ccc4cc(C(=O)O)ccc4c3C2(C)CCCS(=O)(=O)O)=[N+](CCCS(=O)(=O)O)c2ccc3c(S(=O)(=O)O)cc(S(=O)(=O)O)cc3c21. The van der Waals surface area contributed by atoms with Crippen LogP contribution in [0.5, 0.6) is 0 Å². The van der Waals surface area contributed by atoms with Gasteiger partial charge in [-0.3, -0.25) is 22.8 Å². The first-order valence-corrected chi connectivity index (χ1v) is 27.7. The van der Waals surface area contributed by atoms with Crippen molar-refractivity contribution in [1.29, 1.82) is 0 Å². The lowest BCUT2D eigenvalue weighted by atomic mass is 9.75. The second-order valence-corrected chi connectivity index (χ2v) is 24.3. The minimum atomic E-state index is -5.04. The van der Waals surface area contributed by atoms with Crippen molar-refractivity contribution in [2.75, 3.05) is 35.2 Å². The quantitative estimate of drug-likeness (QED) is 0.0404. The first kappa shape index (κ1) is 50.5. The van der Waals surface area contributed by atoms with E-state index in [0.717, 1.165) is 6.07 Å². The molecular formula is C42H47N2O17S5+. The van der Waals surface area contributed by atoms with Gasteiger partial charge >= 0.3 is 5.97 Å². The predicted octanol–water partition coefficient (Wildman–Crippen LogP) is 5.56. The summed E-state index contributed by atoms with van der Waals surface area (Å²) in [5.41, 5.74) is 0.964. The number of fused-ring (bicyclic) bond motifs is 6. The van der Waals surface area contributed by atoms with Crippen LogP contribution in [0.4, 0.5) is 11.4 Å². The predicted molar refractivity (Wildman–Crippen MR) is 246 cm³/mol. The maximum atomic E-state index is 12.5. The molecule has 4 aromatic rings. The lowest BCUT2D eigenvalue weighted by Crippen LogP contribution is -2.30. The highest BCUT2D eigenvalue weighted by atomic mass is 32.2. The number of carbonyl (C=O) groups is 1. The zero-order chi connectivity index (χ0) is 49.0. The molecule has 2 heterocycles. The van der Waals surface area contributed by atoms with E-state index in [0.29, 0.717) is 50.7 Å². The van der Waals surface area contributed by atoms with Crippen LogP contribution in [0, 0.1) is 0 Å². The standard InChI is InChI=1S/C42H46N2O17S5/c1-41(2)36(43(19-8-22-63(50,51)52)33-17-15-31-32(38(33)41)25-29(65(56,57)58)26-35(31)66(59,60)61)10-5-4-6-11-37-42(3,18-7-21-62(47,48)49)39-30-14-12-28(40(45)46)24-27(30)13-16-34(39)44(37)20-9-23-64(53,54)55/h4-6,10-17,24-26H,7-9,18-23H2,1-3H3,(H5-,45,46,47,48,49,50,51,52,53,54,55,56,57,58,59,60,61)/p+1. The van der Waals surface area contributed by atoms with E-state index in [1.165, 1.54) is 24.3 Å². The molecular weight excluding hydrogens is 965 g/mol. The molecule has 356 valence electrons. The molecule has 6 rings (SSSR count). The summed E-state index contributed by atoms with van der Waals surface area (Å²) in [6, 6.07) is 12.5. The molecule has 0 bridgehead atoms. The van der Waals surface area contributed by atoms with Crippen LogP contribution in [-0.2, 0) is 61.4 Å². The summed E-state index contributed by atoms with van der Waals surface area (Å²) in [7, 11) is -23.2. The number of benzene rings is 4. The molecule has 0 radical (unpaired) electrons. The van der Waals surface area contributed by atoms with Crippen LogP contribution in [0.15, 0.2) is 100 Å². The third-order valence-electron chi connectivity index (χ3n) is 11.8. The van der Waals surface area contributed by atoms with Crippen LogP contribution in [0.25, 0.3) is 21.5 Å². The number of hydrogen-bond donors (Lipinski definition) is 6. The third-order valence-corrected chi connectivity index (χ3v) is 15.9. The molecule has 1 atom stereocenters. The van der Waals surface area contributed by atoms with E-state index in [1.54, 1.807) is 67.0 Å². The summed E-state index contributed by atoms with van der Waals surface area (Å²) < 4.78 is 171. The Morgan fingerprint density at radius 3 is 1.89 bits per heavy atom. The van der Waals surface area contributed by atoms with Crippen LogP contribution in [-0.4, -0.2) is 117 Å². The number of rotatable bonds is 18. The lowest BCUT2D eigenvalue weighted by molar-refractivity contribution is -0.437. The molecule has 0 spiro atoms. The number of carboxylic acid groups (broad SMARTS) is 1. The molecule has 4 aromatic carbocycles. The largest absolute Gasteiger partial charge is 0.478 e. The molecule has 0 amide bonds. The van der Waals surface area contributed by atoms with Gasteiger partial charge in [0.1, 0.15) is 11.4 Å². The average molecular weight is 1010 g/mol. The summed E-state index contributed by atoms with van der Waals surface area (Å²) in [6.45, 7) is 5.34. The molecule has 0 saturated carbocycles. The molecule has 2 aliphatic heterocycles. The maximum absolute atomic E-state index is 12.5. The van der Waals surface area contributed by atoms with Gasteiger partial charge < -0.3 is 10.0 Å². The number of nitrogens with zero attached hydrogens (tertiary/aromatic N) is 2. The Labute approximate surface area is 382 Å². The van der Waals surface area contributed by atoms with E-state index in [9.17, 15) is 74.8 Å². The third kappa shape index (κ3) is 10.8. The molecule has 0 saturated heterocycles. The van der Waals surface area contributed by atoms with Crippen molar-refractivity contribution >= 4 is 95.2 Å². The fourth-order valence-corrected chi connectivity index (χ4v) is 11.9.